The minimum Gasteiger partial charge on any atom is -0.460 e. The highest BCUT2D eigenvalue weighted by Gasteiger charge is 2.16. The Labute approximate surface area is 134 Å². The standard InChI is InChI=1S/C15H19N3O3S/c1-15(2,3)21-12(19)7-8-17-13(20)11-6-5-10(9-16)14(18-11)22-4/h5-6H,7-8H2,1-4H3,(H,17,20). The predicted molar refractivity (Wildman–Crippen MR) is 83.5 cm³/mol. The fraction of sp³-hybridized carbons (Fsp3) is 0.467. The van der Waals surface area contributed by atoms with E-state index in [0.717, 1.165) is 0 Å². The number of aromatic nitrogens is 1. The first kappa shape index (κ1) is 18.0. The maximum Gasteiger partial charge on any atom is 0.308 e. The topological polar surface area (TPSA) is 92.1 Å². The smallest absolute Gasteiger partial charge is 0.308 e. The second-order valence-corrected chi connectivity index (χ2v) is 6.25. The third-order valence-corrected chi connectivity index (χ3v) is 3.14. The van der Waals surface area contributed by atoms with Crippen molar-refractivity contribution < 1.29 is 14.3 Å². The van der Waals surface area contributed by atoms with Gasteiger partial charge in [-0.15, -0.1) is 11.8 Å². The molecule has 0 aliphatic carbocycles. The predicted octanol–water partition coefficient (Wildman–Crippen LogP) is 2.14. The van der Waals surface area contributed by atoms with E-state index in [1.54, 1.807) is 33.1 Å². The zero-order valence-electron chi connectivity index (χ0n) is 13.1. The zero-order valence-corrected chi connectivity index (χ0v) is 13.9. The van der Waals surface area contributed by atoms with Gasteiger partial charge in [-0.05, 0) is 39.2 Å². The van der Waals surface area contributed by atoms with Crippen LogP contribution in [0.15, 0.2) is 17.2 Å². The summed E-state index contributed by atoms with van der Waals surface area (Å²) in [5.74, 6) is -0.756. The summed E-state index contributed by atoms with van der Waals surface area (Å²) in [4.78, 5) is 27.6. The van der Waals surface area contributed by atoms with Crippen LogP contribution in [0.4, 0.5) is 0 Å². The van der Waals surface area contributed by atoms with E-state index in [0.29, 0.717) is 10.6 Å². The molecule has 22 heavy (non-hydrogen) atoms. The highest BCUT2D eigenvalue weighted by atomic mass is 32.2. The number of hydrogen-bond acceptors (Lipinski definition) is 6. The molecule has 1 rings (SSSR count). The number of carbonyl (C=O) groups is 2. The Hall–Kier alpha value is -2.07. The number of hydrogen-bond donors (Lipinski definition) is 1. The molecule has 0 bridgehead atoms. The summed E-state index contributed by atoms with van der Waals surface area (Å²) >= 11 is 1.30. The van der Waals surface area contributed by atoms with Crippen LogP contribution in [-0.2, 0) is 9.53 Å². The molecule has 0 radical (unpaired) electrons. The fourth-order valence-corrected chi connectivity index (χ4v) is 2.09. The van der Waals surface area contributed by atoms with Gasteiger partial charge in [-0.3, -0.25) is 9.59 Å². The summed E-state index contributed by atoms with van der Waals surface area (Å²) in [6, 6.07) is 5.06. The molecule has 0 saturated carbocycles. The number of thioether (sulfide) groups is 1. The van der Waals surface area contributed by atoms with Crippen molar-refractivity contribution in [3.8, 4) is 6.07 Å². The molecule has 1 amide bonds. The Morgan fingerprint density at radius 3 is 2.64 bits per heavy atom. The summed E-state index contributed by atoms with van der Waals surface area (Å²) in [6.45, 7) is 5.53. The second-order valence-electron chi connectivity index (χ2n) is 5.46. The molecule has 1 heterocycles. The second kappa shape index (κ2) is 7.80. The molecule has 6 nitrogen and oxygen atoms in total. The van der Waals surface area contributed by atoms with Crippen molar-refractivity contribution in [2.75, 3.05) is 12.8 Å². The van der Waals surface area contributed by atoms with Crippen molar-refractivity contribution in [3.63, 3.8) is 0 Å². The summed E-state index contributed by atoms with van der Waals surface area (Å²) in [5, 5.41) is 12.0. The van der Waals surface area contributed by atoms with Gasteiger partial charge in [0.05, 0.1) is 12.0 Å². The van der Waals surface area contributed by atoms with Crippen LogP contribution in [0.3, 0.4) is 0 Å². The number of pyridine rings is 1. The van der Waals surface area contributed by atoms with Crippen molar-refractivity contribution >= 4 is 23.6 Å². The molecule has 1 aromatic heterocycles. The molecule has 0 aliphatic heterocycles. The summed E-state index contributed by atoms with van der Waals surface area (Å²) in [6.07, 6.45) is 1.88. The Kier molecular flexibility index (Phi) is 6.38. The minimum atomic E-state index is -0.539. The van der Waals surface area contributed by atoms with Crippen molar-refractivity contribution in [1.29, 1.82) is 5.26 Å². The van der Waals surface area contributed by atoms with E-state index in [9.17, 15) is 9.59 Å². The van der Waals surface area contributed by atoms with Crippen LogP contribution >= 0.6 is 11.8 Å². The van der Waals surface area contributed by atoms with Gasteiger partial charge < -0.3 is 10.1 Å². The van der Waals surface area contributed by atoms with Crippen LogP contribution in [0.5, 0.6) is 0 Å². The van der Waals surface area contributed by atoms with E-state index in [2.05, 4.69) is 10.3 Å². The molecule has 0 spiro atoms. The molecule has 0 unspecified atom stereocenters. The number of nitriles is 1. The fourth-order valence-electron chi connectivity index (χ4n) is 1.57. The normalized spacial score (nSPS) is 10.7. The van der Waals surface area contributed by atoms with Crippen LogP contribution in [-0.4, -0.2) is 35.3 Å². The molecule has 0 fully saturated rings. The first-order valence-corrected chi connectivity index (χ1v) is 7.94. The quantitative estimate of drug-likeness (QED) is 0.660. The Morgan fingerprint density at radius 1 is 1.41 bits per heavy atom. The van der Waals surface area contributed by atoms with Gasteiger partial charge >= 0.3 is 5.97 Å². The van der Waals surface area contributed by atoms with E-state index in [1.165, 1.54) is 17.8 Å². The van der Waals surface area contributed by atoms with Crippen LogP contribution in [0, 0.1) is 11.3 Å². The molecule has 7 heteroatoms. The molecule has 0 saturated heterocycles. The van der Waals surface area contributed by atoms with Gasteiger partial charge in [-0.1, -0.05) is 0 Å². The molecule has 0 atom stereocenters. The number of nitrogens with one attached hydrogen (secondary N) is 1. The number of esters is 1. The lowest BCUT2D eigenvalue weighted by molar-refractivity contribution is -0.154. The SMILES string of the molecule is CSc1nc(C(=O)NCCC(=O)OC(C)(C)C)ccc1C#N. The van der Waals surface area contributed by atoms with Crippen molar-refractivity contribution in [2.24, 2.45) is 0 Å². The summed E-state index contributed by atoms with van der Waals surface area (Å²) in [5.41, 5.74) is 0.105. The van der Waals surface area contributed by atoms with E-state index >= 15 is 0 Å². The molecule has 1 aromatic rings. The molecule has 1 N–H and O–H groups in total. The highest BCUT2D eigenvalue weighted by molar-refractivity contribution is 7.98. The number of amides is 1. The van der Waals surface area contributed by atoms with Gasteiger partial charge in [0.15, 0.2) is 0 Å². The Balaban J connectivity index is 2.56. The van der Waals surface area contributed by atoms with Crippen molar-refractivity contribution in [1.82, 2.24) is 10.3 Å². The number of ether oxygens (including phenoxy) is 1. The lowest BCUT2D eigenvalue weighted by atomic mass is 10.2. The first-order valence-electron chi connectivity index (χ1n) is 6.72. The average molecular weight is 321 g/mol. The summed E-state index contributed by atoms with van der Waals surface area (Å²) < 4.78 is 5.15. The maximum atomic E-state index is 12.0. The first-order chi connectivity index (χ1) is 10.3. The lowest BCUT2D eigenvalue weighted by Gasteiger charge is -2.19. The Morgan fingerprint density at radius 2 is 2.09 bits per heavy atom. The van der Waals surface area contributed by atoms with Gasteiger partial charge in [-0.2, -0.15) is 5.26 Å². The third kappa shape index (κ3) is 5.74. The van der Waals surface area contributed by atoms with Crippen molar-refractivity contribution in [2.45, 2.75) is 37.8 Å². The molecular formula is C15H19N3O3S. The van der Waals surface area contributed by atoms with E-state index in [1.807, 2.05) is 6.07 Å². The molecule has 0 aliphatic rings. The van der Waals surface area contributed by atoms with E-state index in [-0.39, 0.29) is 30.5 Å². The number of nitrogens with zero attached hydrogens (tertiary/aromatic N) is 2. The molecule has 0 aromatic carbocycles. The number of carbonyl (C=O) groups excluding carboxylic acids is 2. The van der Waals surface area contributed by atoms with Crippen LogP contribution in [0.2, 0.25) is 0 Å². The van der Waals surface area contributed by atoms with Crippen LogP contribution in [0.1, 0.15) is 43.2 Å². The van der Waals surface area contributed by atoms with Gasteiger partial charge in [-0.25, -0.2) is 4.98 Å². The third-order valence-electron chi connectivity index (χ3n) is 2.44. The average Bonchev–Trinajstić information content (AvgIpc) is 2.44. The van der Waals surface area contributed by atoms with Gasteiger partial charge in [0.2, 0.25) is 0 Å². The zero-order chi connectivity index (χ0) is 16.8. The Bertz CT molecular complexity index is 603. The lowest BCUT2D eigenvalue weighted by Crippen LogP contribution is -2.30. The highest BCUT2D eigenvalue weighted by Crippen LogP contribution is 2.17. The van der Waals surface area contributed by atoms with Gasteiger partial charge in [0.1, 0.15) is 22.4 Å². The largest absolute Gasteiger partial charge is 0.460 e. The monoisotopic (exact) mass is 321 g/mol. The van der Waals surface area contributed by atoms with Crippen LogP contribution in [0.25, 0.3) is 0 Å². The minimum absolute atomic E-state index is 0.0919. The molecular weight excluding hydrogens is 302 g/mol. The van der Waals surface area contributed by atoms with E-state index < -0.39 is 5.60 Å². The van der Waals surface area contributed by atoms with E-state index in [4.69, 9.17) is 10.00 Å². The summed E-state index contributed by atoms with van der Waals surface area (Å²) in [7, 11) is 0. The van der Waals surface area contributed by atoms with Gasteiger partial charge in [0.25, 0.3) is 5.91 Å². The molecule has 118 valence electrons. The van der Waals surface area contributed by atoms with Crippen molar-refractivity contribution in [3.05, 3.63) is 23.4 Å². The maximum absolute atomic E-state index is 12.0. The van der Waals surface area contributed by atoms with Crippen LogP contribution < -0.4 is 5.32 Å². The number of rotatable bonds is 5. The van der Waals surface area contributed by atoms with Gasteiger partial charge in [0, 0.05) is 6.54 Å².